The van der Waals surface area contributed by atoms with E-state index in [1.807, 2.05) is 24.5 Å². The van der Waals surface area contributed by atoms with Crippen LogP contribution in [0.15, 0.2) is 42.7 Å². The van der Waals surface area contributed by atoms with Crippen molar-refractivity contribution in [1.29, 1.82) is 0 Å². The number of carbonyl (C=O) groups is 1. The lowest BCUT2D eigenvalue weighted by Crippen LogP contribution is -2.23. The number of aromatic nitrogens is 2. The summed E-state index contributed by atoms with van der Waals surface area (Å²) in [6, 6.07) is 9.44. The van der Waals surface area contributed by atoms with Gasteiger partial charge in [0.2, 0.25) is 6.79 Å². The van der Waals surface area contributed by atoms with E-state index < -0.39 is 0 Å². The van der Waals surface area contributed by atoms with Crippen LogP contribution in [0, 0.1) is 11.8 Å². The number of aryl methyl sites for hydroxylation is 1. The van der Waals surface area contributed by atoms with Crippen molar-refractivity contribution >= 4 is 34.0 Å². The highest BCUT2D eigenvalue weighted by molar-refractivity contribution is 7.80. The minimum atomic E-state index is -0.301. The molecule has 0 saturated heterocycles. The van der Waals surface area contributed by atoms with Crippen LogP contribution in [0.5, 0.6) is 11.5 Å². The van der Waals surface area contributed by atoms with Crippen molar-refractivity contribution in [3.63, 3.8) is 0 Å². The molecule has 0 radical (unpaired) electrons. The van der Waals surface area contributed by atoms with E-state index in [2.05, 4.69) is 27.1 Å². The lowest BCUT2D eigenvalue weighted by Gasteiger charge is -2.06. The number of ether oxygens (including phenoxy) is 2. The van der Waals surface area contributed by atoms with Gasteiger partial charge in [0.05, 0.1) is 0 Å². The first kappa shape index (κ1) is 19.9. The van der Waals surface area contributed by atoms with E-state index in [1.165, 1.54) is 5.56 Å². The van der Waals surface area contributed by atoms with Gasteiger partial charge < -0.3 is 19.8 Å². The standard InChI is InChI=1S/C23H21N3O3S/c27-22(8-4-16-3-7-20-21(14-16)29-15-28-20)24-11-1-2-18(30)6-5-17-9-12-25-23-19(17)10-13-26-23/h3,7,9-10,12-14H,1-2,5-6,11,15H2,(H,24,27)(H,25,26). The van der Waals surface area contributed by atoms with E-state index in [0.717, 1.165) is 41.6 Å². The molecule has 30 heavy (non-hydrogen) atoms. The first-order valence-electron chi connectivity index (χ1n) is 9.81. The summed E-state index contributed by atoms with van der Waals surface area (Å²) in [5.41, 5.74) is 2.86. The van der Waals surface area contributed by atoms with Crippen molar-refractivity contribution in [2.45, 2.75) is 25.7 Å². The fourth-order valence-electron chi connectivity index (χ4n) is 3.27. The Morgan fingerprint density at radius 3 is 3.03 bits per heavy atom. The van der Waals surface area contributed by atoms with Gasteiger partial charge in [-0.15, -0.1) is 0 Å². The molecule has 0 saturated carbocycles. The van der Waals surface area contributed by atoms with Gasteiger partial charge in [-0.25, -0.2) is 4.98 Å². The zero-order chi connectivity index (χ0) is 20.8. The fourth-order valence-corrected chi connectivity index (χ4v) is 3.52. The third kappa shape index (κ3) is 4.97. The number of pyridine rings is 1. The van der Waals surface area contributed by atoms with E-state index in [0.29, 0.717) is 23.6 Å². The lowest BCUT2D eigenvalue weighted by atomic mass is 10.0. The SMILES string of the molecule is O=C(C#Cc1ccc2c(c1)OCO2)NCCCC(=S)CCc1ccnc2[nH]ccc12. The highest BCUT2D eigenvalue weighted by atomic mass is 32.1. The maximum absolute atomic E-state index is 11.9. The Morgan fingerprint density at radius 2 is 2.10 bits per heavy atom. The topological polar surface area (TPSA) is 76.2 Å². The molecule has 1 aliphatic heterocycles. The van der Waals surface area contributed by atoms with Gasteiger partial charge in [0.1, 0.15) is 5.65 Å². The zero-order valence-corrected chi connectivity index (χ0v) is 17.2. The number of benzene rings is 1. The molecule has 6 nitrogen and oxygen atoms in total. The van der Waals surface area contributed by atoms with Crippen LogP contribution in [-0.4, -0.2) is 34.1 Å². The van der Waals surface area contributed by atoms with Gasteiger partial charge in [0.25, 0.3) is 5.91 Å². The summed E-state index contributed by atoms with van der Waals surface area (Å²) >= 11 is 5.50. The average Bonchev–Trinajstić information content (AvgIpc) is 3.42. The molecule has 3 heterocycles. The first-order chi connectivity index (χ1) is 14.7. The molecular formula is C23H21N3O3S. The second-order valence-corrected chi connectivity index (χ2v) is 7.50. The summed E-state index contributed by atoms with van der Waals surface area (Å²) in [6.45, 7) is 0.764. The van der Waals surface area contributed by atoms with Crippen LogP contribution in [0.4, 0.5) is 0 Å². The van der Waals surface area contributed by atoms with Crippen LogP contribution in [0.1, 0.15) is 30.4 Å². The second kappa shape index (κ2) is 9.42. The molecule has 0 bridgehead atoms. The maximum atomic E-state index is 11.9. The van der Waals surface area contributed by atoms with Gasteiger partial charge in [0, 0.05) is 35.8 Å². The number of rotatable bonds is 7. The average molecular weight is 420 g/mol. The normalized spacial score (nSPS) is 11.7. The van der Waals surface area contributed by atoms with Crippen molar-refractivity contribution in [3.8, 4) is 23.3 Å². The minimum Gasteiger partial charge on any atom is -0.454 e. The predicted octanol–water partition coefficient (Wildman–Crippen LogP) is 3.54. The number of aromatic amines is 1. The fraction of sp³-hybridized carbons (Fsp3) is 0.261. The van der Waals surface area contributed by atoms with Crippen molar-refractivity contribution in [1.82, 2.24) is 15.3 Å². The molecule has 152 valence electrons. The second-order valence-electron chi connectivity index (χ2n) is 6.93. The Bertz CT molecular complexity index is 1140. The van der Waals surface area contributed by atoms with Gasteiger partial charge in [-0.3, -0.25) is 4.79 Å². The van der Waals surface area contributed by atoms with E-state index in [4.69, 9.17) is 21.7 Å². The number of thiocarbonyl (C=S) groups is 1. The van der Waals surface area contributed by atoms with Gasteiger partial charge in [0.15, 0.2) is 11.5 Å². The number of carbonyl (C=O) groups excluding carboxylic acids is 1. The summed E-state index contributed by atoms with van der Waals surface area (Å²) in [5.74, 6) is 6.49. The molecule has 0 fully saturated rings. The number of hydrogen-bond acceptors (Lipinski definition) is 5. The maximum Gasteiger partial charge on any atom is 0.296 e. The zero-order valence-electron chi connectivity index (χ0n) is 16.4. The van der Waals surface area contributed by atoms with Gasteiger partial charge >= 0.3 is 0 Å². The quantitative estimate of drug-likeness (QED) is 0.348. The predicted molar refractivity (Wildman–Crippen MR) is 119 cm³/mol. The van der Waals surface area contributed by atoms with Crippen LogP contribution >= 0.6 is 12.2 Å². The summed E-state index contributed by atoms with van der Waals surface area (Å²) in [5, 5.41) is 3.96. The molecule has 0 atom stereocenters. The number of nitrogens with zero attached hydrogens (tertiary/aromatic N) is 1. The molecule has 1 amide bonds. The Kier molecular flexibility index (Phi) is 6.26. The lowest BCUT2D eigenvalue weighted by molar-refractivity contribution is -0.115. The largest absolute Gasteiger partial charge is 0.454 e. The number of nitrogens with one attached hydrogen (secondary N) is 2. The molecule has 0 unspecified atom stereocenters. The third-order valence-electron chi connectivity index (χ3n) is 4.83. The van der Waals surface area contributed by atoms with Crippen LogP contribution in [0.3, 0.4) is 0 Å². The van der Waals surface area contributed by atoms with Gasteiger partial charge in [-0.1, -0.05) is 18.1 Å². The number of fused-ring (bicyclic) bond motifs is 2. The molecule has 4 rings (SSSR count). The summed E-state index contributed by atoms with van der Waals surface area (Å²) < 4.78 is 10.6. The molecule has 3 aromatic rings. The molecule has 0 spiro atoms. The third-order valence-corrected chi connectivity index (χ3v) is 5.24. The minimum absolute atomic E-state index is 0.216. The van der Waals surface area contributed by atoms with E-state index in [1.54, 1.807) is 18.2 Å². The smallest absolute Gasteiger partial charge is 0.296 e. The highest BCUT2D eigenvalue weighted by Crippen LogP contribution is 2.32. The Hall–Kier alpha value is -3.37. The monoisotopic (exact) mass is 419 g/mol. The molecule has 7 heteroatoms. The highest BCUT2D eigenvalue weighted by Gasteiger charge is 2.12. The van der Waals surface area contributed by atoms with Gasteiger partial charge in [-0.05, 0) is 66.4 Å². The number of hydrogen-bond donors (Lipinski definition) is 2. The summed E-state index contributed by atoms with van der Waals surface area (Å²) in [7, 11) is 0. The van der Waals surface area contributed by atoms with Crippen LogP contribution in [0.2, 0.25) is 0 Å². The molecule has 1 aliphatic rings. The molecular weight excluding hydrogens is 398 g/mol. The van der Waals surface area contributed by atoms with Crippen molar-refractivity contribution in [2.75, 3.05) is 13.3 Å². The Morgan fingerprint density at radius 1 is 1.20 bits per heavy atom. The molecule has 2 N–H and O–H groups in total. The van der Waals surface area contributed by atoms with Gasteiger partial charge in [-0.2, -0.15) is 0 Å². The molecule has 0 aliphatic carbocycles. The van der Waals surface area contributed by atoms with Crippen LogP contribution in [0.25, 0.3) is 11.0 Å². The van der Waals surface area contributed by atoms with Crippen molar-refractivity contribution in [2.24, 2.45) is 0 Å². The van der Waals surface area contributed by atoms with Crippen LogP contribution < -0.4 is 14.8 Å². The molecule has 2 aromatic heterocycles. The Balaban J connectivity index is 1.16. The summed E-state index contributed by atoms with van der Waals surface area (Å²) in [4.78, 5) is 20.4. The van der Waals surface area contributed by atoms with E-state index >= 15 is 0 Å². The van der Waals surface area contributed by atoms with Crippen LogP contribution in [-0.2, 0) is 11.2 Å². The van der Waals surface area contributed by atoms with E-state index in [-0.39, 0.29) is 12.7 Å². The number of H-pyrrole nitrogens is 1. The summed E-state index contributed by atoms with van der Waals surface area (Å²) in [6.07, 6.45) is 7.05. The van der Waals surface area contributed by atoms with E-state index in [9.17, 15) is 4.79 Å². The first-order valence-corrected chi connectivity index (χ1v) is 10.2. The number of amides is 1. The van der Waals surface area contributed by atoms with Crippen molar-refractivity contribution in [3.05, 3.63) is 53.9 Å². The Labute approximate surface area is 180 Å². The molecule has 1 aromatic carbocycles. The van der Waals surface area contributed by atoms with Crippen molar-refractivity contribution < 1.29 is 14.3 Å².